The Morgan fingerprint density at radius 3 is 2.23 bits per heavy atom. The van der Waals surface area contributed by atoms with E-state index >= 15 is 0 Å². The van der Waals surface area contributed by atoms with Gasteiger partial charge < -0.3 is 15.5 Å². The number of aliphatic hydroxyl groups is 2. The summed E-state index contributed by atoms with van der Waals surface area (Å²) in [7, 11) is 0. The molecular formula is C9H19NO3. The van der Waals surface area contributed by atoms with Crippen molar-refractivity contribution in [3.05, 3.63) is 0 Å². The van der Waals surface area contributed by atoms with E-state index in [0.717, 1.165) is 6.42 Å². The van der Waals surface area contributed by atoms with Gasteiger partial charge in [-0.25, -0.2) is 0 Å². The van der Waals surface area contributed by atoms with Gasteiger partial charge in [0.05, 0.1) is 19.3 Å². The van der Waals surface area contributed by atoms with Crippen molar-refractivity contribution in [3.63, 3.8) is 0 Å². The number of hydrogen-bond donors (Lipinski definition) is 3. The number of nitrogens with one attached hydrogen (secondary N) is 1. The van der Waals surface area contributed by atoms with E-state index in [1.54, 1.807) is 0 Å². The molecule has 0 saturated heterocycles. The van der Waals surface area contributed by atoms with Crippen LogP contribution >= 0.6 is 0 Å². The van der Waals surface area contributed by atoms with Crippen LogP contribution in [0.2, 0.25) is 0 Å². The van der Waals surface area contributed by atoms with Crippen LogP contribution in [0.15, 0.2) is 0 Å². The number of rotatable bonds is 6. The quantitative estimate of drug-likeness (QED) is 0.546. The molecule has 3 N–H and O–H groups in total. The standard InChI is InChI=1S/C9H19NO3/c1-7(2)3-4-9(13)10-8(5-11)6-12/h7-8,11-12H,3-6H2,1-2H3,(H,10,13). The molecule has 0 atom stereocenters. The van der Waals surface area contributed by atoms with Gasteiger partial charge in [-0.2, -0.15) is 0 Å². The molecule has 1 amide bonds. The first-order valence-corrected chi connectivity index (χ1v) is 4.61. The molecule has 0 rings (SSSR count). The smallest absolute Gasteiger partial charge is 0.220 e. The van der Waals surface area contributed by atoms with Crippen LogP contribution < -0.4 is 5.32 Å². The normalized spacial score (nSPS) is 10.9. The largest absolute Gasteiger partial charge is 0.394 e. The monoisotopic (exact) mass is 189 g/mol. The predicted molar refractivity (Wildman–Crippen MR) is 50.2 cm³/mol. The highest BCUT2D eigenvalue weighted by Crippen LogP contribution is 2.02. The van der Waals surface area contributed by atoms with E-state index in [1.807, 2.05) is 13.8 Å². The molecule has 0 unspecified atom stereocenters. The fraction of sp³-hybridized carbons (Fsp3) is 0.889. The van der Waals surface area contributed by atoms with Crippen molar-refractivity contribution in [3.8, 4) is 0 Å². The van der Waals surface area contributed by atoms with Gasteiger partial charge >= 0.3 is 0 Å². The maximum Gasteiger partial charge on any atom is 0.220 e. The minimum atomic E-state index is -0.514. The minimum Gasteiger partial charge on any atom is -0.394 e. The Morgan fingerprint density at radius 2 is 1.85 bits per heavy atom. The van der Waals surface area contributed by atoms with Crippen LogP contribution in [0.25, 0.3) is 0 Å². The van der Waals surface area contributed by atoms with Gasteiger partial charge in [0.1, 0.15) is 0 Å². The number of carbonyl (C=O) groups is 1. The second kappa shape index (κ2) is 6.86. The highest BCUT2D eigenvalue weighted by Gasteiger charge is 2.09. The number of carbonyl (C=O) groups excluding carboxylic acids is 1. The van der Waals surface area contributed by atoms with Crippen molar-refractivity contribution in [2.45, 2.75) is 32.7 Å². The lowest BCUT2D eigenvalue weighted by Gasteiger charge is -2.13. The molecule has 0 aliphatic carbocycles. The molecule has 4 heteroatoms. The fourth-order valence-electron chi connectivity index (χ4n) is 0.869. The summed E-state index contributed by atoms with van der Waals surface area (Å²) < 4.78 is 0. The molecule has 0 bridgehead atoms. The summed E-state index contributed by atoms with van der Waals surface area (Å²) in [5, 5.41) is 19.9. The van der Waals surface area contributed by atoms with Crippen molar-refractivity contribution < 1.29 is 15.0 Å². The third-order valence-electron chi connectivity index (χ3n) is 1.75. The Hall–Kier alpha value is -0.610. The molecular weight excluding hydrogens is 170 g/mol. The molecule has 0 fully saturated rings. The lowest BCUT2D eigenvalue weighted by molar-refractivity contribution is -0.122. The minimum absolute atomic E-state index is 0.109. The van der Waals surface area contributed by atoms with Crippen LogP contribution in [0.3, 0.4) is 0 Å². The summed E-state index contributed by atoms with van der Waals surface area (Å²) in [5.41, 5.74) is 0. The summed E-state index contributed by atoms with van der Waals surface area (Å²) in [6.45, 7) is 3.65. The van der Waals surface area contributed by atoms with Crippen LogP contribution in [0.5, 0.6) is 0 Å². The first-order chi connectivity index (χ1) is 6.10. The van der Waals surface area contributed by atoms with E-state index in [1.165, 1.54) is 0 Å². The van der Waals surface area contributed by atoms with Crippen LogP contribution in [0.1, 0.15) is 26.7 Å². The molecule has 0 radical (unpaired) electrons. The van der Waals surface area contributed by atoms with Gasteiger partial charge in [-0.3, -0.25) is 4.79 Å². The van der Waals surface area contributed by atoms with Crippen LogP contribution in [-0.4, -0.2) is 35.4 Å². The summed E-state index contributed by atoms with van der Waals surface area (Å²) in [4.78, 5) is 11.1. The van der Waals surface area contributed by atoms with Crippen molar-refractivity contribution in [1.29, 1.82) is 0 Å². The Kier molecular flexibility index (Phi) is 6.54. The predicted octanol–water partition coefficient (Wildman–Crippen LogP) is -0.108. The molecule has 0 aliphatic heterocycles. The first-order valence-electron chi connectivity index (χ1n) is 4.61. The molecule has 0 aromatic heterocycles. The molecule has 4 nitrogen and oxygen atoms in total. The van der Waals surface area contributed by atoms with Crippen LogP contribution in [0, 0.1) is 5.92 Å². The Morgan fingerprint density at radius 1 is 1.31 bits per heavy atom. The van der Waals surface area contributed by atoms with E-state index in [9.17, 15) is 4.79 Å². The zero-order valence-electron chi connectivity index (χ0n) is 8.29. The van der Waals surface area contributed by atoms with E-state index < -0.39 is 6.04 Å². The maximum atomic E-state index is 11.1. The summed E-state index contributed by atoms with van der Waals surface area (Å²) in [5.74, 6) is 0.384. The van der Waals surface area contributed by atoms with Gasteiger partial charge in [-0.1, -0.05) is 13.8 Å². The van der Waals surface area contributed by atoms with E-state index in [4.69, 9.17) is 10.2 Å². The lowest BCUT2D eigenvalue weighted by atomic mass is 10.1. The highest BCUT2D eigenvalue weighted by atomic mass is 16.3. The molecule has 0 spiro atoms. The van der Waals surface area contributed by atoms with E-state index in [0.29, 0.717) is 12.3 Å². The Labute approximate surface area is 79.0 Å². The third kappa shape index (κ3) is 6.54. The number of aliphatic hydroxyl groups excluding tert-OH is 2. The fourth-order valence-corrected chi connectivity index (χ4v) is 0.869. The van der Waals surface area contributed by atoms with Crippen LogP contribution in [0.4, 0.5) is 0 Å². The average molecular weight is 189 g/mol. The summed E-state index contributed by atoms with van der Waals surface area (Å²) in [6, 6.07) is -0.514. The first kappa shape index (κ1) is 12.4. The molecule has 0 aromatic rings. The van der Waals surface area contributed by atoms with Gasteiger partial charge in [0.2, 0.25) is 5.91 Å². The Bertz CT molecular complexity index is 144. The second-order valence-electron chi connectivity index (χ2n) is 3.56. The summed E-state index contributed by atoms with van der Waals surface area (Å²) >= 11 is 0. The molecule has 0 heterocycles. The molecule has 13 heavy (non-hydrogen) atoms. The SMILES string of the molecule is CC(C)CCC(=O)NC(CO)CO. The van der Waals surface area contributed by atoms with Crippen LogP contribution in [-0.2, 0) is 4.79 Å². The van der Waals surface area contributed by atoms with E-state index in [2.05, 4.69) is 5.32 Å². The second-order valence-corrected chi connectivity index (χ2v) is 3.56. The van der Waals surface area contributed by atoms with Gasteiger partial charge in [0.15, 0.2) is 0 Å². The Balaban J connectivity index is 3.60. The van der Waals surface area contributed by atoms with Gasteiger partial charge in [-0.05, 0) is 12.3 Å². The van der Waals surface area contributed by atoms with Crippen molar-refractivity contribution in [2.75, 3.05) is 13.2 Å². The molecule has 0 aliphatic rings. The van der Waals surface area contributed by atoms with Crippen molar-refractivity contribution in [2.24, 2.45) is 5.92 Å². The average Bonchev–Trinajstić information content (AvgIpc) is 2.10. The zero-order chi connectivity index (χ0) is 10.3. The summed E-state index contributed by atoms with van der Waals surface area (Å²) in [6.07, 6.45) is 1.28. The van der Waals surface area contributed by atoms with Gasteiger partial charge in [0.25, 0.3) is 0 Å². The number of amides is 1. The van der Waals surface area contributed by atoms with Crippen molar-refractivity contribution in [1.82, 2.24) is 5.32 Å². The third-order valence-corrected chi connectivity index (χ3v) is 1.75. The maximum absolute atomic E-state index is 11.1. The van der Waals surface area contributed by atoms with Crippen molar-refractivity contribution >= 4 is 5.91 Å². The van der Waals surface area contributed by atoms with E-state index in [-0.39, 0.29) is 19.1 Å². The number of hydrogen-bond acceptors (Lipinski definition) is 3. The lowest BCUT2D eigenvalue weighted by Crippen LogP contribution is -2.40. The highest BCUT2D eigenvalue weighted by molar-refractivity contribution is 5.76. The zero-order valence-corrected chi connectivity index (χ0v) is 8.29. The topological polar surface area (TPSA) is 69.6 Å². The van der Waals surface area contributed by atoms with Gasteiger partial charge in [-0.15, -0.1) is 0 Å². The van der Waals surface area contributed by atoms with Gasteiger partial charge in [0, 0.05) is 6.42 Å². The molecule has 0 aromatic carbocycles. The molecule has 78 valence electrons. The molecule has 0 saturated carbocycles.